The van der Waals surface area contributed by atoms with Gasteiger partial charge in [0.05, 0.1) is 5.60 Å². The Hall–Kier alpha value is -2.60. The standard InChI is InChI=1S/C28H32O6/c1-13(2)8-9-27-15-10-16-22(30)20-18(29)11-19-21(25(4,5)14(3)32-19)23(20)33-28(16,24(27)31)12-17(15)26(6,7)34-27/h8,10-11,14-15,17,29H,9,12H2,1-7H3/t14-,15?,17?,27?,28?/m0/s1. The fraction of sp³-hybridized carbons (Fsp3) is 0.571. The molecule has 180 valence electrons. The number of ether oxygens (including phenoxy) is 3. The molecule has 6 heteroatoms. The number of Topliss-reactive ketones (excluding diaryl/α,β-unsaturated/α-hetero) is 2. The molecule has 2 fully saturated rings. The maximum absolute atomic E-state index is 14.4. The van der Waals surface area contributed by atoms with Crippen molar-refractivity contribution in [2.45, 2.75) is 89.6 Å². The van der Waals surface area contributed by atoms with E-state index in [9.17, 15) is 14.7 Å². The van der Waals surface area contributed by atoms with E-state index < -0.39 is 22.2 Å². The van der Waals surface area contributed by atoms with Crippen molar-refractivity contribution in [1.29, 1.82) is 0 Å². The summed E-state index contributed by atoms with van der Waals surface area (Å²) < 4.78 is 19.4. The van der Waals surface area contributed by atoms with Gasteiger partial charge in [0.2, 0.25) is 11.6 Å². The number of ketones is 2. The maximum atomic E-state index is 14.4. The van der Waals surface area contributed by atoms with Crippen LogP contribution in [-0.2, 0) is 14.9 Å². The molecule has 6 nitrogen and oxygen atoms in total. The maximum Gasteiger partial charge on any atom is 0.213 e. The van der Waals surface area contributed by atoms with Crippen LogP contribution in [-0.4, -0.2) is 39.6 Å². The summed E-state index contributed by atoms with van der Waals surface area (Å²) in [5.41, 5.74) is -1.16. The fourth-order valence-electron chi connectivity index (χ4n) is 7.01. The van der Waals surface area contributed by atoms with E-state index >= 15 is 0 Å². The summed E-state index contributed by atoms with van der Waals surface area (Å²) in [6, 6.07) is 1.51. The van der Waals surface area contributed by atoms with Crippen LogP contribution in [0.4, 0.5) is 0 Å². The number of rotatable bonds is 2. The zero-order valence-corrected chi connectivity index (χ0v) is 20.9. The molecule has 3 aliphatic heterocycles. The summed E-state index contributed by atoms with van der Waals surface area (Å²) in [4.78, 5) is 28.3. The van der Waals surface area contributed by atoms with Gasteiger partial charge in [0.1, 0.15) is 34.5 Å². The minimum Gasteiger partial charge on any atom is -0.507 e. The van der Waals surface area contributed by atoms with Crippen molar-refractivity contribution in [3.63, 3.8) is 0 Å². The third kappa shape index (κ3) is 2.31. The molecule has 1 saturated heterocycles. The van der Waals surface area contributed by atoms with Gasteiger partial charge in [0.25, 0.3) is 0 Å². The molecule has 1 saturated carbocycles. The number of carbonyl (C=O) groups excluding carboxylic acids is 2. The van der Waals surface area contributed by atoms with Gasteiger partial charge in [-0.2, -0.15) is 0 Å². The highest BCUT2D eigenvalue weighted by Gasteiger charge is 2.76. The highest BCUT2D eigenvalue weighted by molar-refractivity contribution is 6.21. The number of benzene rings is 1. The number of fused-ring (bicyclic) bond motifs is 3. The number of carbonyl (C=O) groups is 2. The first-order chi connectivity index (χ1) is 15.8. The second-order valence-corrected chi connectivity index (χ2v) is 12.0. The molecular weight excluding hydrogens is 432 g/mol. The van der Waals surface area contributed by atoms with Crippen molar-refractivity contribution in [3.05, 3.63) is 40.5 Å². The molecule has 7 rings (SSSR count). The Bertz CT molecular complexity index is 1250. The molecule has 1 N–H and O–H groups in total. The lowest BCUT2D eigenvalue weighted by atomic mass is 9.53. The molecule has 1 aromatic carbocycles. The van der Waals surface area contributed by atoms with Crippen molar-refractivity contribution >= 4 is 11.6 Å². The topological polar surface area (TPSA) is 82.1 Å². The van der Waals surface area contributed by atoms with Crippen LogP contribution in [0.5, 0.6) is 17.2 Å². The quantitative estimate of drug-likeness (QED) is 0.633. The Balaban J connectivity index is 1.60. The summed E-state index contributed by atoms with van der Waals surface area (Å²) in [7, 11) is 0. The summed E-state index contributed by atoms with van der Waals surface area (Å²) in [6.45, 7) is 14.1. The monoisotopic (exact) mass is 464 g/mol. The van der Waals surface area contributed by atoms with Crippen molar-refractivity contribution in [3.8, 4) is 17.2 Å². The van der Waals surface area contributed by atoms with Gasteiger partial charge in [-0.1, -0.05) is 31.6 Å². The van der Waals surface area contributed by atoms with Gasteiger partial charge >= 0.3 is 0 Å². The van der Waals surface area contributed by atoms with E-state index in [1.54, 1.807) is 0 Å². The molecule has 3 aliphatic carbocycles. The normalized spacial score (nSPS) is 37.3. The van der Waals surface area contributed by atoms with Crippen LogP contribution in [0.15, 0.2) is 29.4 Å². The summed E-state index contributed by atoms with van der Waals surface area (Å²) >= 11 is 0. The Morgan fingerprint density at radius 2 is 1.91 bits per heavy atom. The lowest BCUT2D eigenvalue weighted by Gasteiger charge is -2.53. The predicted molar refractivity (Wildman–Crippen MR) is 126 cm³/mol. The SMILES string of the molecule is CC(C)=CCC12OC(C)(C)C3CC4(Oc5c(c(O)cc6c5C(C)(C)[C@H](C)O6)C(=O)C4=CC31)C2=O. The van der Waals surface area contributed by atoms with Gasteiger partial charge in [0.15, 0.2) is 5.60 Å². The lowest BCUT2D eigenvalue weighted by molar-refractivity contribution is -0.166. The third-order valence-electron chi connectivity index (χ3n) is 9.10. The van der Waals surface area contributed by atoms with E-state index in [2.05, 4.69) is 0 Å². The minimum absolute atomic E-state index is 0.0300. The van der Waals surface area contributed by atoms with E-state index in [0.29, 0.717) is 24.2 Å². The number of allylic oxidation sites excluding steroid dienone is 1. The third-order valence-corrected chi connectivity index (χ3v) is 9.10. The second-order valence-electron chi connectivity index (χ2n) is 12.0. The van der Waals surface area contributed by atoms with E-state index in [0.717, 1.165) is 11.1 Å². The highest BCUT2D eigenvalue weighted by atomic mass is 16.6. The molecule has 6 aliphatic rings. The molecule has 5 atom stereocenters. The average Bonchev–Trinajstić information content (AvgIpc) is 3.08. The first-order valence-electron chi connectivity index (χ1n) is 12.2. The largest absolute Gasteiger partial charge is 0.507 e. The number of hydrogen-bond acceptors (Lipinski definition) is 6. The number of phenols is 1. The van der Waals surface area contributed by atoms with Crippen LogP contribution in [0.2, 0.25) is 0 Å². The summed E-state index contributed by atoms with van der Waals surface area (Å²) in [5, 5.41) is 10.8. The Kier molecular flexibility index (Phi) is 3.96. The van der Waals surface area contributed by atoms with E-state index in [1.807, 2.05) is 60.6 Å². The molecule has 34 heavy (non-hydrogen) atoms. The summed E-state index contributed by atoms with van der Waals surface area (Å²) in [6.07, 6.45) is 4.62. The lowest BCUT2D eigenvalue weighted by Crippen LogP contribution is -2.68. The molecule has 4 bridgehead atoms. The van der Waals surface area contributed by atoms with E-state index in [-0.39, 0.29) is 46.6 Å². The first-order valence-corrected chi connectivity index (χ1v) is 12.2. The molecule has 0 aromatic heterocycles. The zero-order valence-electron chi connectivity index (χ0n) is 20.9. The van der Waals surface area contributed by atoms with Crippen LogP contribution in [0.25, 0.3) is 0 Å². The molecule has 3 heterocycles. The number of aromatic hydroxyl groups is 1. The molecule has 1 spiro atoms. The van der Waals surface area contributed by atoms with Gasteiger partial charge in [0, 0.05) is 47.3 Å². The van der Waals surface area contributed by atoms with Crippen LogP contribution in [0.3, 0.4) is 0 Å². The van der Waals surface area contributed by atoms with Crippen LogP contribution >= 0.6 is 0 Å². The highest BCUT2D eigenvalue weighted by Crippen LogP contribution is 2.66. The fourth-order valence-corrected chi connectivity index (χ4v) is 7.01. The van der Waals surface area contributed by atoms with Crippen molar-refractivity contribution in [2.75, 3.05) is 0 Å². The zero-order chi connectivity index (χ0) is 24.6. The van der Waals surface area contributed by atoms with Gasteiger partial charge in [-0.3, -0.25) is 9.59 Å². The van der Waals surface area contributed by atoms with Gasteiger partial charge in [-0.25, -0.2) is 0 Å². The smallest absolute Gasteiger partial charge is 0.213 e. The Morgan fingerprint density at radius 1 is 1.21 bits per heavy atom. The molecule has 0 radical (unpaired) electrons. The van der Waals surface area contributed by atoms with Gasteiger partial charge in [-0.05, 0) is 34.6 Å². The minimum atomic E-state index is -1.42. The van der Waals surface area contributed by atoms with Crippen LogP contribution < -0.4 is 9.47 Å². The van der Waals surface area contributed by atoms with Crippen LogP contribution in [0, 0.1) is 11.8 Å². The van der Waals surface area contributed by atoms with E-state index in [4.69, 9.17) is 14.2 Å². The van der Waals surface area contributed by atoms with Crippen molar-refractivity contribution < 1.29 is 28.9 Å². The molecule has 4 unspecified atom stereocenters. The van der Waals surface area contributed by atoms with Crippen molar-refractivity contribution in [1.82, 2.24) is 0 Å². The Morgan fingerprint density at radius 3 is 2.59 bits per heavy atom. The number of phenolic OH excluding ortho intramolecular Hbond substituents is 1. The second kappa shape index (κ2) is 6.14. The molecule has 0 amide bonds. The predicted octanol–water partition coefficient (Wildman–Crippen LogP) is 4.81. The van der Waals surface area contributed by atoms with Crippen LogP contribution in [0.1, 0.15) is 77.2 Å². The Labute approximate surface area is 200 Å². The van der Waals surface area contributed by atoms with Crippen molar-refractivity contribution in [2.24, 2.45) is 11.8 Å². The van der Waals surface area contributed by atoms with Gasteiger partial charge in [-0.15, -0.1) is 0 Å². The number of hydrogen-bond donors (Lipinski definition) is 1. The molecular formula is C28H32O6. The summed E-state index contributed by atoms with van der Waals surface area (Å²) in [5.74, 6) is -0.0785. The molecule has 1 aromatic rings. The van der Waals surface area contributed by atoms with E-state index in [1.165, 1.54) is 6.07 Å². The first kappa shape index (κ1) is 21.9. The van der Waals surface area contributed by atoms with Gasteiger partial charge < -0.3 is 19.3 Å². The average molecular weight is 465 g/mol.